The molecule has 2 N–H and O–H groups in total. The van der Waals surface area contributed by atoms with E-state index in [4.69, 9.17) is 10.00 Å². The van der Waals surface area contributed by atoms with Gasteiger partial charge in [-0.2, -0.15) is 10.4 Å². The molecular weight excluding hydrogens is 438 g/mol. The molecule has 5 rings (SSSR count). The van der Waals surface area contributed by atoms with Crippen molar-refractivity contribution in [3.8, 4) is 6.07 Å². The smallest absolute Gasteiger partial charge is 0.102 e. The molecule has 4 fully saturated rings. The van der Waals surface area contributed by atoms with E-state index >= 15 is 0 Å². The van der Waals surface area contributed by atoms with E-state index in [-0.39, 0.29) is 11.3 Å². The van der Waals surface area contributed by atoms with Gasteiger partial charge in [0, 0.05) is 13.3 Å². The van der Waals surface area contributed by atoms with Crippen LogP contribution in [0.2, 0.25) is 0 Å². The van der Waals surface area contributed by atoms with Crippen molar-refractivity contribution in [2.24, 2.45) is 40.4 Å². The molecule has 0 radical (unpaired) electrons. The molecule has 0 aliphatic heterocycles. The third kappa shape index (κ3) is 3.97. The quantitative estimate of drug-likeness (QED) is 0.598. The number of fused-ring (bicyclic) bond motifs is 5. The molecule has 4 aliphatic rings. The minimum Gasteiger partial charge on any atom is -0.388 e. The van der Waals surface area contributed by atoms with Gasteiger partial charge in [-0.25, -0.2) is 0 Å². The normalized spacial score (nSPS) is 44.5. The molecule has 0 bridgehead atoms. The Labute approximate surface area is 211 Å². The van der Waals surface area contributed by atoms with Gasteiger partial charge in [0.2, 0.25) is 0 Å². The predicted octanol–water partition coefficient (Wildman–Crippen LogP) is 4.93. The Bertz CT molecular complexity index is 969. The summed E-state index contributed by atoms with van der Waals surface area (Å²) >= 11 is 0. The third-order valence-electron chi connectivity index (χ3n) is 11.6. The molecule has 0 amide bonds. The lowest BCUT2D eigenvalue weighted by atomic mass is 9.42. The number of methoxy groups -OCH3 is 1. The van der Waals surface area contributed by atoms with Crippen molar-refractivity contribution in [3.63, 3.8) is 0 Å². The molecule has 4 saturated carbocycles. The van der Waals surface area contributed by atoms with Crippen LogP contribution >= 0.6 is 0 Å². The summed E-state index contributed by atoms with van der Waals surface area (Å²) in [5.74, 6) is 2.97. The van der Waals surface area contributed by atoms with Gasteiger partial charge >= 0.3 is 0 Å². The van der Waals surface area contributed by atoms with E-state index in [1.165, 1.54) is 38.5 Å². The Morgan fingerprint density at radius 2 is 2.00 bits per heavy atom. The average Bonchev–Trinajstić information content (AvgIpc) is 3.42. The molecule has 35 heavy (non-hydrogen) atoms. The molecule has 1 aromatic rings. The number of hydrogen-bond donors (Lipinski definition) is 2. The third-order valence-corrected chi connectivity index (χ3v) is 11.6. The highest BCUT2D eigenvalue weighted by molar-refractivity contribution is 5.22. The number of hydrogen-bond acceptors (Lipinski definition) is 5. The van der Waals surface area contributed by atoms with Crippen LogP contribution in [0.3, 0.4) is 0 Å². The van der Waals surface area contributed by atoms with Crippen molar-refractivity contribution in [1.29, 1.82) is 5.26 Å². The fraction of sp³-hybridized carbons (Fsp3) is 0.862. The summed E-state index contributed by atoms with van der Waals surface area (Å²) in [7, 11) is 1.71. The second kappa shape index (κ2) is 8.85. The van der Waals surface area contributed by atoms with E-state index < -0.39 is 11.2 Å². The van der Waals surface area contributed by atoms with Gasteiger partial charge < -0.3 is 14.9 Å². The zero-order valence-electron chi connectivity index (χ0n) is 22.2. The Kier molecular flexibility index (Phi) is 6.38. The van der Waals surface area contributed by atoms with Crippen molar-refractivity contribution in [2.45, 2.75) is 103 Å². The number of rotatable bonds is 6. The number of aromatic nitrogens is 2. The molecule has 0 saturated heterocycles. The fourth-order valence-corrected chi connectivity index (χ4v) is 10.2. The zero-order chi connectivity index (χ0) is 25.1. The largest absolute Gasteiger partial charge is 0.388 e. The van der Waals surface area contributed by atoms with Crippen molar-refractivity contribution in [3.05, 3.63) is 18.0 Å². The average molecular weight is 484 g/mol. The van der Waals surface area contributed by atoms with Crippen LogP contribution in [-0.2, 0) is 11.3 Å². The van der Waals surface area contributed by atoms with Crippen molar-refractivity contribution < 1.29 is 14.9 Å². The summed E-state index contributed by atoms with van der Waals surface area (Å²) in [6.45, 7) is 7.75. The van der Waals surface area contributed by atoms with Crippen LogP contribution in [0.25, 0.3) is 0 Å². The molecule has 6 nitrogen and oxygen atoms in total. The van der Waals surface area contributed by atoms with E-state index in [9.17, 15) is 10.2 Å². The minimum absolute atomic E-state index is 0.142. The van der Waals surface area contributed by atoms with Crippen LogP contribution in [0, 0.1) is 51.8 Å². The highest BCUT2D eigenvalue weighted by Gasteiger charge is 2.63. The maximum Gasteiger partial charge on any atom is 0.102 e. The Hall–Kier alpha value is -1.42. The Morgan fingerprint density at radius 1 is 1.20 bits per heavy atom. The van der Waals surface area contributed by atoms with Crippen LogP contribution in [0.5, 0.6) is 0 Å². The van der Waals surface area contributed by atoms with Crippen molar-refractivity contribution in [1.82, 2.24) is 9.78 Å². The second-order valence-electron chi connectivity index (χ2n) is 13.2. The van der Waals surface area contributed by atoms with E-state index in [2.05, 4.69) is 25.0 Å². The monoisotopic (exact) mass is 483 g/mol. The highest BCUT2D eigenvalue weighted by atomic mass is 16.5. The van der Waals surface area contributed by atoms with E-state index in [1.54, 1.807) is 24.2 Å². The van der Waals surface area contributed by atoms with Gasteiger partial charge in [0.25, 0.3) is 0 Å². The lowest BCUT2D eigenvalue weighted by Gasteiger charge is -2.63. The molecule has 194 valence electrons. The molecule has 1 heterocycles. The van der Waals surface area contributed by atoms with Crippen LogP contribution in [0.1, 0.15) is 90.5 Å². The molecule has 1 aromatic heterocycles. The maximum absolute atomic E-state index is 11.8. The van der Waals surface area contributed by atoms with Crippen molar-refractivity contribution in [2.75, 3.05) is 13.7 Å². The topological polar surface area (TPSA) is 91.3 Å². The summed E-state index contributed by atoms with van der Waals surface area (Å²) in [4.78, 5) is 0. The van der Waals surface area contributed by atoms with E-state index in [0.717, 1.165) is 37.5 Å². The minimum atomic E-state index is -0.851. The Balaban J connectivity index is 1.36. The SMILES string of the molecule is CC[C@]12CC[C@](O)(COC)C[C@H]1CC[C@H]1[C@@H]3CC[C@H]([C@](C)(O)Cn4cc(C#N)cn4)[C@@]3(C)CC[C@@H]12. The van der Waals surface area contributed by atoms with Crippen LogP contribution in [0.15, 0.2) is 12.4 Å². The first-order valence-corrected chi connectivity index (χ1v) is 14.0. The van der Waals surface area contributed by atoms with Crippen LogP contribution in [-0.4, -0.2) is 44.9 Å². The molecule has 0 unspecified atom stereocenters. The molecular formula is C29H45N3O3. The summed E-state index contributed by atoms with van der Waals surface area (Å²) in [5.41, 5.74) is -0.459. The molecule has 4 aliphatic carbocycles. The van der Waals surface area contributed by atoms with Crippen LogP contribution < -0.4 is 0 Å². The first-order valence-electron chi connectivity index (χ1n) is 14.0. The lowest BCUT2D eigenvalue weighted by Crippen LogP contribution is -2.58. The molecule has 6 heteroatoms. The molecule has 0 aromatic carbocycles. The fourth-order valence-electron chi connectivity index (χ4n) is 10.2. The first-order chi connectivity index (χ1) is 16.6. The molecule has 0 spiro atoms. The van der Waals surface area contributed by atoms with Crippen molar-refractivity contribution >= 4 is 0 Å². The standard InChI is InChI=1S/C29H45N3O3/c1-5-29-13-12-28(34,19-35-4)14-21(29)6-7-22-23-8-9-25(26(23,2)11-10-24(22)29)27(3,33)18-32-17-20(15-30)16-31-32/h16-17,21-25,33-34H,5-14,18-19H2,1-4H3/t21-,22+,23+,24+,25+,26+,27-,28-,29+/m1/s1. The Morgan fingerprint density at radius 3 is 2.69 bits per heavy atom. The van der Waals surface area contributed by atoms with Gasteiger partial charge in [-0.15, -0.1) is 0 Å². The number of nitrogens with zero attached hydrogens (tertiary/aromatic N) is 3. The second-order valence-corrected chi connectivity index (χ2v) is 13.2. The molecule has 9 atom stereocenters. The van der Waals surface area contributed by atoms with E-state index in [0.29, 0.717) is 36.0 Å². The van der Waals surface area contributed by atoms with Gasteiger partial charge in [0.15, 0.2) is 0 Å². The van der Waals surface area contributed by atoms with Gasteiger partial charge in [0.1, 0.15) is 6.07 Å². The summed E-state index contributed by atoms with van der Waals surface area (Å²) in [6.07, 6.45) is 14.6. The van der Waals surface area contributed by atoms with Gasteiger partial charge in [-0.3, -0.25) is 4.68 Å². The highest BCUT2D eigenvalue weighted by Crippen LogP contribution is 2.69. The van der Waals surface area contributed by atoms with Gasteiger partial charge in [-0.05, 0) is 112 Å². The summed E-state index contributed by atoms with van der Waals surface area (Å²) in [5, 5.41) is 36.4. The lowest BCUT2D eigenvalue weighted by molar-refractivity contribution is -0.177. The summed E-state index contributed by atoms with van der Waals surface area (Å²) < 4.78 is 7.16. The maximum atomic E-state index is 11.8. The zero-order valence-corrected chi connectivity index (χ0v) is 22.2. The number of nitriles is 1. The number of aliphatic hydroxyl groups is 2. The van der Waals surface area contributed by atoms with Gasteiger partial charge in [-0.1, -0.05) is 13.8 Å². The first kappa shape index (κ1) is 25.2. The van der Waals surface area contributed by atoms with Gasteiger partial charge in [0.05, 0.1) is 36.1 Å². The van der Waals surface area contributed by atoms with Crippen LogP contribution in [0.4, 0.5) is 0 Å². The summed E-state index contributed by atoms with van der Waals surface area (Å²) in [6, 6.07) is 2.14. The number of ether oxygens (including phenoxy) is 1. The predicted molar refractivity (Wildman–Crippen MR) is 134 cm³/mol. The van der Waals surface area contributed by atoms with E-state index in [1.807, 2.05) is 6.92 Å².